The van der Waals surface area contributed by atoms with Crippen LogP contribution < -0.4 is 5.63 Å². The molecule has 25 heavy (non-hydrogen) atoms. The van der Waals surface area contributed by atoms with E-state index in [0.717, 1.165) is 16.2 Å². The van der Waals surface area contributed by atoms with Crippen LogP contribution in [0.25, 0.3) is 21.7 Å². The molecule has 0 radical (unpaired) electrons. The number of benzene rings is 3. The Labute approximate surface area is 143 Å². The molecule has 0 spiro atoms. The quantitative estimate of drug-likeness (QED) is 0.319. The summed E-state index contributed by atoms with van der Waals surface area (Å²) in [5.74, 6) is -0.428. The van der Waals surface area contributed by atoms with Crippen LogP contribution in [0.15, 0.2) is 82.0 Å². The zero-order chi connectivity index (χ0) is 17.2. The Bertz CT molecular complexity index is 1130. The van der Waals surface area contributed by atoms with E-state index in [0.29, 0.717) is 16.7 Å². The monoisotopic (exact) mass is 330 g/mol. The average molecular weight is 330 g/mol. The molecule has 0 aliphatic rings. The summed E-state index contributed by atoms with van der Waals surface area (Å²) in [6.45, 7) is 0.00380. The van der Waals surface area contributed by atoms with Gasteiger partial charge in [-0.2, -0.15) is 0 Å². The minimum absolute atomic E-state index is 0.00380. The molecule has 0 saturated heterocycles. The predicted octanol–water partition coefficient (Wildman–Crippen LogP) is 4.30. The number of rotatable bonds is 3. The van der Waals surface area contributed by atoms with Gasteiger partial charge in [-0.15, -0.1) is 0 Å². The molecule has 0 atom stereocenters. The van der Waals surface area contributed by atoms with Gasteiger partial charge >= 0.3 is 11.6 Å². The Hall–Kier alpha value is -3.40. The maximum atomic E-state index is 12.2. The van der Waals surface area contributed by atoms with E-state index in [2.05, 4.69) is 0 Å². The molecule has 3 aromatic carbocycles. The Balaban J connectivity index is 1.77. The zero-order valence-corrected chi connectivity index (χ0v) is 13.3. The van der Waals surface area contributed by atoms with E-state index in [9.17, 15) is 9.59 Å². The van der Waals surface area contributed by atoms with Crippen LogP contribution in [0.1, 0.15) is 15.9 Å². The predicted molar refractivity (Wildman–Crippen MR) is 95.6 cm³/mol. The molecule has 0 fully saturated rings. The highest BCUT2D eigenvalue weighted by molar-refractivity contribution is 6.07. The summed E-state index contributed by atoms with van der Waals surface area (Å²) in [7, 11) is 0. The minimum Gasteiger partial charge on any atom is -0.457 e. The Kier molecular flexibility index (Phi) is 3.78. The van der Waals surface area contributed by atoms with Gasteiger partial charge in [0.1, 0.15) is 12.2 Å². The molecule has 4 aromatic rings. The SMILES string of the molecule is O=C(OCc1cc(=O)oc2ccc3ccccc3c12)c1ccccc1. The van der Waals surface area contributed by atoms with E-state index in [4.69, 9.17) is 9.15 Å². The molecule has 1 aromatic heterocycles. The largest absolute Gasteiger partial charge is 0.457 e. The van der Waals surface area contributed by atoms with Gasteiger partial charge in [-0.3, -0.25) is 0 Å². The van der Waals surface area contributed by atoms with Gasteiger partial charge in [0.05, 0.1) is 5.56 Å². The molecular formula is C21H14O4. The molecule has 4 heteroatoms. The van der Waals surface area contributed by atoms with Crippen molar-refractivity contribution in [3.63, 3.8) is 0 Å². The van der Waals surface area contributed by atoms with Gasteiger partial charge in [0.2, 0.25) is 0 Å². The first kappa shape index (κ1) is 15.1. The van der Waals surface area contributed by atoms with Crippen LogP contribution in [0.4, 0.5) is 0 Å². The summed E-state index contributed by atoms with van der Waals surface area (Å²) < 4.78 is 10.7. The summed E-state index contributed by atoms with van der Waals surface area (Å²) in [6.07, 6.45) is 0. The van der Waals surface area contributed by atoms with Crippen molar-refractivity contribution >= 4 is 27.7 Å². The van der Waals surface area contributed by atoms with Crippen molar-refractivity contribution in [1.29, 1.82) is 0 Å². The molecular weight excluding hydrogens is 316 g/mol. The van der Waals surface area contributed by atoms with E-state index in [1.54, 1.807) is 30.3 Å². The second kappa shape index (κ2) is 6.24. The summed E-state index contributed by atoms with van der Waals surface area (Å²) in [5.41, 5.74) is 1.12. The topological polar surface area (TPSA) is 56.5 Å². The first-order chi connectivity index (χ1) is 12.2. The molecule has 0 amide bonds. The molecule has 0 bridgehead atoms. The van der Waals surface area contributed by atoms with E-state index >= 15 is 0 Å². The Morgan fingerprint density at radius 1 is 0.920 bits per heavy atom. The number of esters is 1. The van der Waals surface area contributed by atoms with E-state index in [-0.39, 0.29) is 6.61 Å². The summed E-state index contributed by atoms with van der Waals surface area (Å²) in [4.78, 5) is 24.0. The lowest BCUT2D eigenvalue weighted by Gasteiger charge is -2.09. The lowest BCUT2D eigenvalue weighted by Crippen LogP contribution is -2.08. The molecule has 4 nitrogen and oxygen atoms in total. The van der Waals surface area contributed by atoms with Gasteiger partial charge in [0.25, 0.3) is 0 Å². The van der Waals surface area contributed by atoms with Gasteiger partial charge < -0.3 is 9.15 Å². The maximum Gasteiger partial charge on any atom is 0.338 e. The van der Waals surface area contributed by atoms with Gasteiger partial charge in [0, 0.05) is 17.0 Å². The number of carbonyl (C=O) groups is 1. The Morgan fingerprint density at radius 3 is 2.52 bits per heavy atom. The van der Waals surface area contributed by atoms with Crippen molar-refractivity contribution in [3.05, 3.63) is 94.3 Å². The summed E-state index contributed by atoms with van der Waals surface area (Å²) in [5, 5.41) is 2.77. The van der Waals surface area contributed by atoms with Gasteiger partial charge in [-0.05, 0) is 29.0 Å². The van der Waals surface area contributed by atoms with Crippen LogP contribution >= 0.6 is 0 Å². The van der Waals surface area contributed by atoms with E-state index in [1.807, 2.05) is 36.4 Å². The molecule has 0 aliphatic heterocycles. The molecule has 4 rings (SSSR count). The molecule has 122 valence electrons. The third kappa shape index (κ3) is 2.90. The van der Waals surface area contributed by atoms with Gasteiger partial charge in [-0.25, -0.2) is 9.59 Å². The lowest BCUT2D eigenvalue weighted by atomic mass is 10.0. The van der Waals surface area contributed by atoms with Crippen molar-refractivity contribution in [2.75, 3.05) is 0 Å². The number of carbonyl (C=O) groups excluding carboxylic acids is 1. The van der Waals surface area contributed by atoms with Gasteiger partial charge in [-0.1, -0.05) is 48.5 Å². The number of fused-ring (bicyclic) bond motifs is 3. The van der Waals surface area contributed by atoms with E-state index < -0.39 is 11.6 Å². The fraction of sp³-hybridized carbons (Fsp3) is 0.0476. The van der Waals surface area contributed by atoms with Crippen LogP contribution in [0, 0.1) is 0 Å². The highest BCUT2D eigenvalue weighted by Crippen LogP contribution is 2.27. The third-order valence-electron chi connectivity index (χ3n) is 4.08. The molecule has 1 heterocycles. The second-order valence-electron chi connectivity index (χ2n) is 5.69. The molecule has 0 unspecified atom stereocenters. The summed E-state index contributed by atoms with van der Waals surface area (Å²) >= 11 is 0. The van der Waals surface area contributed by atoms with Gasteiger partial charge in [0.15, 0.2) is 0 Å². The maximum absolute atomic E-state index is 12.2. The van der Waals surface area contributed by atoms with Crippen LogP contribution in [-0.4, -0.2) is 5.97 Å². The first-order valence-corrected chi connectivity index (χ1v) is 7.89. The highest BCUT2D eigenvalue weighted by Gasteiger charge is 2.12. The van der Waals surface area contributed by atoms with Crippen molar-refractivity contribution in [1.82, 2.24) is 0 Å². The van der Waals surface area contributed by atoms with E-state index in [1.165, 1.54) is 6.07 Å². The molecule has 0 N–H and O–H groups in total. The number of hydrogen-bond donors (Lipinski definition) is 0. The second-order valence-corrected chi connectivity index (χ2v) is 5.69. The lowest BCUT2D eigenvalue weighted by molar-refractivity contribution is 0.0474. The molecule has 0 aliphatic carbocycles. The first-order valence-electron chi connectivity index (χ1n) is 7.89. The minimum atomic E-state index is -0.464. The van der Waals surface area contributed by atoms with Crippen molar-refractivity contribution in [2.45, 2.75) is 6.61 Å². The zero-order valence-electron chi connectivity index (χ0n) is 13.3. The van der Waals surface area contributed by atoms with Crippen LogP contribution in [0.2, 0.25) is 0 Å². The highest BCUT2D eigenvalue weighted by atomic mass is 16.5. The average Bonchev–Trinajstić information content (AvgIpc) is 2.66. The standard InChI is InChI=1S/C21H14O4/c22-19-12-16(13-24-21(23)15-7-2-1-3-8-15)20-17-9-5-4-6-14(17)10-11-18(20)25-19/h1-12H,13H2. The number of hydrogen-bond acceptors (Lipinski definition) is 4. The smallest absolute Gasteiger partial charge is 0.338 e. The van der Waals surface area contributed by atoms with Crippen LogP contribution in [-0.2, 0) is 11.3 Å². The van der Waals surface area contributed by atoms with Crippen molar-refractivity contribution in [3.8, 4) is 0 Å². The van der Waals surface area contributed by atoms with Crippen molar-refractivity contribution in [2.24, 2.45) is 0 Å². The fourth-order valence-electron chi connectivity index (χ4n) is 2.93. The number of ether oxygens (including phenoxy) is 1. The fourth-order valence-corrected chi connectivity index (χ4v) is 2.93. The normalized spacial score (nSPS) is 10.9. The molecule has 0 saturated carbocycles. The Morgan fingerprint density at radius 2 is 1.68 bits per heavy atom. The van der Waals surface area contributed by atoms with Crippen LogP contribution in [0.3, 0.4) is 0 Å². The van der Waals surface area contributed by atoms with Crippen LogP contribution in [0.5, 0.6) is 0 Å². The van der Waals surface area contributed by atoms with Crippen molar-refractivity contribution < 1.29 is 13.9 Å². The summed E-state index contributed by atoms with van der Waals surface area (Å²) in [6, 6.07) is 21.6. The third-order valence-corrected chi connectivity index (χ3v) is 4.08.